The number of methoxy groups -OCH3 is 1. The van der Waals surface area contributed by atoms with Gasteiger partial charge in [0.05, 0.1) is 17.6 Å². The van der Waals surface area contributed by atoms with Gasteiger partial charge in [0.25, 0.3) is 5.91 Å². The Morgan fingerprint density at radius 3 is 2.36 bits per heavy atom. The number of nitrogens with zero attached hydrogens (tertiary/aromatic N) is 1. The van der Waals surface area contributed by atoms with Gasteiger partial charge in [0.15, 0.2) is 0 Å². The van der Waals surface area contributed by atoms with E-state index in [1.165, 1.54) is 17.8 Å². The first-order valence-corrected chi connectivity index (χ1v) is 9.61. The van der Waals surface area contributed by atoms with Crippen LogP contribution in [0.5, 0.6) is 17.2 Å². The van der Waals surface area contributed by atoms with Crippen LogP contribution in [0, 0.1) is 0 Å². The molecular formula is C22H19NO4S. The molecule has 1 heterocycles. The Morgan fingerprint density at radius 2 is 1.68 bits per heavy atom. The molecule has 0 saturated carbocycles. The summed E-state index contributed by atoms with van der Waals surface area (Å²) in [5.74, 6) is 0.135. The second-order valence-corrected chi connectivity index (χ2v) is 7.66. The summed E-state index contributed by atoms with van der Waals surface area (Å²) in [6.07, 6.45) is 0. The summed E-state index contributed by atoms with van der Waals surface area (Å²) in [5, 5.41) is 20.5. The van der Waals surface area contributed by atoms with Gasteiger partial charge in [-0.25, -0.2) is 0 Å². The number of carbonyl (C=O) groups excluding carboxylic acids is 1. The number of phenolic OH excluding ortho intramolecular Hbond substituents is 2. The van der Waals surface area contributed by atoms with Crippen molar-refractivity contribution >= 4 is 17.7 Å². The Balaban J connectivity index is 1.61. The van der Waals surface area contributed by atoms with Gasteiger partial charge in [0.1, 0.15) is 17.2 Å². The zero-order chi connectivity index (χ0) is 19.7. The number of phenols is 2. The van der Waals surface area contributed by atoms with E-state index in [1.807, 2.05) is 48.5 Å². The zero-order valence-electron chi connectivity index (χ0n) is 15.3. The number of amides is 1. The maximum Gasteiger partial charge on any atom is 0.258 e. The molecular weight excluding hydrogens is 374 g/mol. The molecule has 0 bridgehead atoms. The lowest BCUT2D eigenvalue weighted by Crippen LogP contribution is -2.25. The van der Waals surface area contributed by atoms with Crippen molar-refractivity contribution in [1.82, 2.24) is 4.90 Å². The van der Waals surface area contributed by atoms with Crippen molar-refractivity contribution in [2.75, 3.05) is 7.11 Å². The first-order valence-electron chi connectivity index (χ1n) is 8.79. The summed E-state index contributed by atoms with van der Waals surface area (Å²) >= 11 is 1.30. The van der Waals surface area contributed by atoms with E-state index < -0.39 is 0 Å². The fraction of sp³-hybridized carbons (Fsp3) is 0.136. The molecule has 1 amide bonds. The zero-order valence-corrected chi connectivity index (χ0v) is 16.1. The Morgan fingerprint density at radius 1 is 0.964 bits per heavy atom. The van der Waals surface area contributed by atoms with Crippen LogP contribution in [0.3, 0.4) is 0 Å². The van der Waals surface area contributed by atoms with Crippen molar-refractivity contribution in [2.24, 2.45) is 0 Å². The van der Waals surface area contributed by atoms with Crippen molar-refractivity contribution in [3.63, 3.8) is 0 Å². The second-order valence-electron chi connectivity index (χ2n) is 6.55. The summed E-state index contributed by atoms with van der Waals surface area (Å²) in [7, 11) is 1.59. The first kappa shape index (κ1) is 18.3. The average Bonchev–Trinajstić information content (AvgIpc) is 3.14. The summed E-state index contributed by atoms with van der Waals surface area (Å²) in [6, 6.07) is 18.1. The Labute approximate surface area is 167 Å². The van der Waals surface area contributed by atoms with Crippen molar-refractivity contribution in [1.29, 1.82) is 0 Å². The van der Waals surface area contributed by atoms with Crippen LogP contribution >= 0.6 is 11.8 Å². The Kier molecular flexibility index (Phi) is 4.88. The van der Waals surface area contributed by atoms with E-state index in [1.54, 1.807) is 18.1 Å². The number of benzene rings is 3. The fourth-order valence-electron chi connectivity index (χ4n) is 3.25. The van der Waals surface area contributed by atoms with Crippen molar-refractivity contribution in [3.8, 4) is 17.2 Å². The molecule has 3 aromatic carbocycles. The van der Waals surface area contributed by atoms with E-state index in [-0.39, 0.29) is 23.0 Å². The topological polar surface area (TPSA) is 70.0 Å². The standard InChI is InChI=1S/C22H19NO4S/c1-27-16-7-4-8-17(9-16)28-21-10-18(19(24)11-20(21)25)22(26)23-12-14-5-2-3-6-15(14)13-23/h2-11,24-25H,12-13H2,1H3. The van der Waals surface area contributed by atoms with Crippen molar-refractivity contribution < 1.29 is 19.7 Å². The van der Waals surface area contributed by atoms with Crippen LogP contribution in [0.4, 0.5) is 0 Å². The van der Waals surface area contributed by atoms with Crippen molar-refractivity contribution in [2.45, 2.75) is 22.9 Å². The molecule has 28 heavy (non-hydrogen) atoms. The summed E-state index contributed by atoms with van der Waals surface area (Å²) < 4.78 is 5.23. The molecule has 0 aromatic heterocycles. The van der Waals surface area contributed by atoms with E-state index in [0.29, 0.717) is 23.7 Å². The van der Waals surface area contributed by atoms with Crippen LogP contribution in [0.1, 0.15) is 21.5 Å². The minimum atomic E-state index is -0.263. The predicted molar refractivity (Wildman–Crippen MR) is 107 cm³/mol. The quantitative estimate of drug-likeness (QED) is 0.687. The number of fused-ring (bicyclic) bond motifs is 1. The highest BCUT2D eigenvalue weighted by molar-refractivity contribution is 7.99. The first-order chi connectivity index (χ1) is 13.5. The molecule has 4 rings (SSSR count). The van der Waals surface area contributed by atoms with E-state index in [4.69, 9.17) is 4.74 Å². The molecule has 142 valence electrons. The van der Waals surface area contributed by atoms with Crippen LogP contribution in [0.25, 0.3) is 0 Å². The monoisotopic (exact) mass is 393 g/mol. The van der Waals surface area contributed by atoms with Gasteiger partial charge in [0, 0.05) is 24.1 Å². The second kappa shape index (κ2) is 7.48. The van der Waals surface area contributed by atoms with Crippen molar-refractivity contribution in [3.05, 3.63) is 77.4 Å². The number of hydrogen-bond acceptors (Lipinski definition) is 5. The molecule has 1 aliphatic rings. The lowest BCUT2D eigenvalue weighted by atomic mass is 10.1. The normalized spacial score (nSPS) is 12.7. The van der Waals surface area contributed by atoms with Crippen LogP contribution < -0.4 is 4.74 Å². The van der Waals surface area contributed by atoms with Crippen LogP contribution in [0.15, 0.2) is 70.5 Å². The Bertz CT molecular complexity index is 1030. The lowest BCUT2D eigenvalue weighted by molar-refractivity contribution is 0.0748. The highest BCUT2D eigenvalue weighted by atomic mass is 32.2. The van der Waals surface area contributed by atoms with Crippen LogP contribution in [0.2, 0.25) is 0 Å². The average molecular weight is 393 g/mol. The Hall–Kier alpha value is -3.12. The van der Waals surface area contributed by atoms with E-state index in [0.717, 1.165) is 16.0 Å². The molecule has 3 aromatic rings. The van der Waals surface area contributed by atoms with Gasteiger partial charge in [-0.15, -0.1) is 0 Å². The highest BCUT2D eigenvalue weighted by Crippen LogP contribution is 2.40. The molecule has 5 nitrogen and oxygen atoms in total. The SMILES string of the molecule is COc1cccc(Sc2cc(C(=O)N3Cc4ccccc4C3)c(O)cc2O)c1. The number of ether oxygens (including phenoxy) is 1. The summed E-state index contributed by atoms with van der Waals surface area (Å²) in [5.41, 5.74) is 2.40. The van der Waals surface area contributed by atoms with Crippen LogP contribution in [-0.4, -0.2) is 28.1 Å². The summed E-state index contributed by atoms with van der Waals surface area (Å²) in [4.78, 5) is 16.0. The van der Waals surface area contributed by atoms with E-state index in [2.05, 4.69) is 0 Å². The van der Waals surface area contributed by atoms with E-state index in [9.17, 15) is 15.0 Å². The molecule has 0 fully saturated rings. The van der Waals surface area contributed by atoms with E-state index >= 15 is 0 Å². The van der Waals surface area contributed by atoms with Gasteiger partial charge in [-0.3, -0.25) is 4.79 Å². The molecule has 1 aliphatic heterocycles. The highest BCUT2D eigenvalue weighted by Gasteiger charge is 2.26. The molecule has 0 atom stereocenters. The van der Waals surface area contributed by atoms with Gasteiger partial charge in [0.2, 0.25) is 0 Å². The smallest absolute Gasteiger partial charge is 0.258 e. The van der Waals surface area contributed by atoms with Gasteiger partial charge >= 0.3 is 0 Å². The van der Waals surface area contributed by atoms with Gasteiger partial charge in [-0.05, 0) is 35.4 Å². The minimum absolute atomic E-state index is 0.0772. The third-order valence-corrected chi connectivity index (χ3v) is 5.74. The largest absolute Gasteiger partial charge is 0.507 e. The summed E-state index contributed by atoms with van der Waals surface area (Å²) in [6.45, 7) is 1.02. The maximum atomic E-state index is 13.0. The maximum absolute atomic E-state index is 13.0. The van der Waals surface area contributed by atoms with Crippen LogP contribution in [-0.2, 0) is 13.1 Å². The molecule has 0 radical (unpaired) electrons. The molecule has 0 saturated heterocycles. The fourth-order valence-corrected chi connectivity index (χ4v) is 4.17. The minimum Gasteiger partial charge on any atom is -0.507 e. The van der Waals surface area contributed by atoms with Gasteiger partial charge < -0.3 is 19.8 Å². The number of rotatable bonds is 4. The molecule has 0 spiro atoms. The van der Waals surface area contributed by atoms with Gasteiger partial charge in [-0.1, -0.05) is 42.1 Å². The van der Waals surface area contributed by atoms with Gasteiger partial charge in [-0.2, -0.15) is 0 Å². The number of aromatic hydroxyl groups is 2. The lowest BCUT2D eigenvalue weighted by Gasteiger charge is -2.17. The third kappa shape index (κ3) is 3.51. The number of carbonyl (C=O) groups is 1. The predicted octanol–water partition coefficient (Wildman–Crippen LogP) is 4.41. The number of hydrogen-bond donors (Lipinski definition) is 2. The molecule has 2 N–H and O–H groups in total. The molecule has 0 unspecified atom stereocenters. The molecule has 6 heteroatoms. The third-order valence-electron chi connectivity index (χ3n) is 4.70. The molecule has 0 aliphatic carbocycles.